The van der Waals surface area contributed by atoms with Gasteiger partial charge < -0.3 is 15.0 Å². The highest BCUT2D eigenvalue weighted by Crippen LogP contribution is 2.40. The molecule has 3 rings (SSSR count). The molecule has 1 saturated heterocycles. The summed E-state index contributed by atoms with van der Waals surface area (Å²) in [5.74, 6) is 1.91. The van der Waals surface area contributed by atoms with Gasteiger partial charge in [0.2, 0.25) is 5.89 Å². The molecule has 0 spiro atoms. The van der Waals surface area contributed by atoms with Gasteiger partial charge in [0, 0.05) is 12.5 Å². The first-order chi connectivity index (χ1) is 7.67. The van der Waals surface area contributed by atoms with E-state index in [9.17, 15) is 0 Å². The molecule has 0 radical (unpaired) electrons. The van der Waals surface area contributed by atoms with Crippen LogP contribution in [0.25, 0.3) is 0 Å². The van der Waals surface area contributed by atoms with Crippen molar-refractivity contribution >= 4 is 0 Å². The molecule has 2 atom stereocenters. The second-order valence-electron chi connectivity index (χ2n) is 5.02. The molecule has 0 bridgehead atoms. The maximum absolute atomic E-state index is 6.34. The van der Waals surface area contributed by atoms with E-state index in [2.05, 4.69) is 10.1 Å². The maximum atomic E-state index is 6.34. The van der Waals surface area contributed by atoms with Crippen LogP contribution in [-0.4, -0.2) is 22.9 Å². The van der Waals surface area contributed by atoms with Crippen LogP contribution < -0.4 is 5.73 Å². The lowest BCUT2D eigenvalue weighted by atomic mass is 9.87. The predicted octanol–water partition coefficient (Wildman–Crippen LogP) is 1.30. The van der Waals surface area contributed by atoms with Gasteiger partial charge in [0.15, 0.2) is 5.82 Å². The van der Waals surface area contributed by atoms with Crippen molar-refractivity contribution < 1.29 is 9.26 Å². The van der Waals surface area contributed by atoms with E-state index >= 15 is 0 Å². The van der Waals surface area contributed by atoms with Crippen LogP contribution in [0.2, 0.25) is 0 Å². The second-order valence-corrected chi connectivity index (χ2v) is 5.02. The first-order valence-corrected chi connectivity index (χ1v) is 5.92. The Hall–Kier alpha value is -0.940. The van der Waals surface area contributed by atoms with E-state index in [-0.39, 0.29) is 6.10 Å². The van der Waals surface area contributed by atoms with Crippen molar-refractivity contribution in [3.05, 3.63) is 11.7 Å². The molecular weight excluding hydrogens is 206 g/mol. The van der Waals surface area contributed by atoms with E-state index in [1.54, 1.807) is 0 Å². The number of nitrogens with two attached hydrogens (primary N) is 1. The minimum absolute atomic E-state index is 0.168. The molecule has 2 unspecified atom stereocenters. The summed E-state index contributed by atoms with van der Waals surface area (Å²) in [6, 6.07) is 0. The van der Waals surface area contributed by atoms with Crippen molar-refractivity contribution in [1.82, 2.24) is 10.1 Å². The maximum Gasteiger partial charge on any atom is 0.229 e. The van der Waals surface area contributed by atoms with Gasteiger partial charge in [0.25, 0.3) is 0 Å². The van der Waals surface area contributed by atoms with Gasteiger partial charge in [-0.2, -0.15) is 4.98 Å². The summed E-state index contributed by atoms with van der Waals surface area (Å²) in [6.45, 7) is 2.70. The molecule has 2 N–H and O–H groups in total. The van der Waals surface area contributed by atoms with Crippen LogP contribution in [0.15, 0.2) is 4.52 Å². The van der Waals surface area contributed by atoms with E-state index in [1.807, 2.05) is 6.92 Å². The molecule has 16 heavy (non-hydrogen) atoms. The third-order valence-corrected chi connectivity index (χ3v) is 3.42. The Morgan fingerprint density at radius 3 is 2.94 bits per heavy atom. The molecule has 5 heteroatoms. The van der Waals surface area contributed by atoms with E-state index in [0.29, 0.717) is 18.3 Å². The summed E-state index contributed by atoms with van der Waals surface area (Å²) >= 11 is 0. The van der Waals surface area contributed by atoms with Crippen molar-refractivity contribution in [2.24, 2.45) is 5.73 Å². The van der Waals surface area contributed by atoms with Crippen LogP contribution in [0.4, 0.5) is 0 Å². The number of ether oxygens (including phenoxy) is 1. The van der Waals surface area contributed by atoms with E-state index in [0.717, 1.165) is 18.7 Å². The standard InChI is InChI=1S/C11H17N3O2/c1-7-6-11(12,4-5-15-7)10-13-9(16-14-10)8-2-3-8/h7-8H,2-6,12H2,1H3. The number of hydrogen-bond donors (Lipinski definition) is 1. The number of nitrogens with zero attached hydrogens (tertiary/aromatic N) is 2. The molecule has 1 aromatic rings. The van der Waals surface area contributed by atoms with Gasteiger partial charge in [0.1, 0.15) is 0 Å². The minimum Gasteiger partial charge on any atom is -0.378 e. The second kappa shape index (κ2) is 3.53. The van der Waals surface area contributed by atoms with Crippen LogP contribution in [0.1, 0.15) is 50.2 Å². The van der Waals surface area contributed by atoms with Crippen LogP contribution in [0.3, 0.4) is 0 Å². The zero-order chi connectivity index (χ0) is 11.2. The molecule has 5 nitrogen and oxygen atoms in total. The van der Waals surface area contributed by atoms with Crippen molar-refractivity contribution in [3.8, 4) is 0 Å². The van der Waals surface area contributed by atoms with E-state index < -0.39 is 5.54 Å². The Bertz CT molecular complexity index is 388. The molecule has 1 aliphatic heterocycles. The first-order valence-electron chi connectivity index (χ1n) is 5.92. The summed E-state index contributed by atoms with van der Waals surface area (Å²) in [6.07, 6.45) is 4.02. The van der Waals surface area contributed by atoms with Crippen molar-refractivity contribution in [3.63, 3.8) is 0 Å². The Morgan fingerprint density at radius 1 is 1.44 bits per heavy atom. The Balaban J connectivity index is 1.82. The average Bonchev–Trinajstić information content (AvgIpc) is 2.95. The zero-order valence-corrected chi connectivity index (χ0v) is 9.48. The van der Waals surface area contributed by atoms with Gasteiger partial charge in [-0.05, 0) is 32.6 Å². The van der Waals surface area contributed by atoms with Gasteiger partial charge in [-0.3, -0.25) is 0 Å². The minimum atomic E-state index is -0.464. The van der Waals surface area contributed by atoms with Crippen molar-refractivity contribution in [1.29, 1.82) is 0 Å². The summed E-state index contributed by atoms with van der Waals surface area (Å²) in [7, 11) is 0. The third kappa shape index (κ3) is 1.74. The molecular formula is C11H17N3O2. The first kappa shape index (κ1) is 10.2. The zero-order valence-electron chi connectivity index (χ0n) is 9.48. The van der Waals surface area contributed by atoms with E-state index in [1.165, 1.54) is 12.8 Å². The van der Waals surface area contributed by atoms with Gasteiger partial charge in [-0.25, -0.2) is 0 Å². The number of hydrogen-bond acceptors (Lipinski definition) is 5. The topological polar surface area (TPSA) is 74.2 Å². The van der Waals surface area contributed by atoms with Gasteiger partial charge >= 0.3 is 0 Å². The molecule has 2 aliphatic rings. The number of rotatable bonds is 2. The average molecular weight is 223 g/mol. The van der Waals surface area contributed by atoms with E-state index in [4.69, 9.17) is 15.0 Å². The quantitative estimate of drug-likeness (QED) is 0.818. The van der Waals surface area contributed by atoms with Gasteiger partial charge in [-0.1, -0.05) is 5.16 Å². The molecule has 0 aromatic carbocycles. The van der Waals surface area contributed by atoms with Crippen molar-refractivity contribution in [2.45, 2.75) is 50.2 Å². The Labute approximate surface area is 94.3 Å². The normalized spacial score (nSPS) is 35.2. The third-order valence-electron chi connectivity index (χ3n) is 3.42. The largest absolute Gasteiger partial charge is 0.378 e. The monoisotopic (exact) mass is 223 g/mol. The lowest BCUT2D eigenvalue weighted by Gasteiger charge is -2.33. The summed E-state index contributed by atoms with van der Waals surface area (Å²) in [4.78, 5) is 4.44. The summed E-state index contributed by atoms with van der Waals surface area (Å²) < 4.78 is 10.8. The summed E-state index contributed by atoms with van der Waals surface area (Å²) in [5.41, 5.74) is 5.88. The number of aromatic nitrogens is 2. The fourth-order valence-electron chi connectivity index (χ4n) is 2.25. The lowest BCUT2D eigenvalue weighted by molar-refractivity contribution is -0.0117. The highest BCUT2D eigenvalue weighted by Gasteiger charge is 2.39. The smallest absolute Gasteiger partial charge is 0.229 e. The van der Waals surface area contributed by atoms with Crippen LogP contribution >= 0.6 is 0 Å². The van der Waals surface area contributed by atoms with Crippen LogP contribution in [0, 0.1) is 0 Å². The fourth-order valence-corrected chi connectivity index (χ4v) is 2.25. The highest BCUT2D eigenvalue weighted by molar-refractivity contribution is 5.09. The predicted molar refractivity (Wildman–Crippen MR) is 56.8 cm³/mol. The molecule has 1 saturated carbocycles. The van der Waals surface area contributed by atoms with Crippen LogP contribution in [0.5, 0.6) is 0 Å². The molecule has 1 aliphatic carbocycles. The van der Waals surface area contributed by atoms with Gasteiger partial charge in [-0.15, -0.1) is 0 Å². The SMILES string of the molecule is CC1CC(N)(c2noc(C3CC3)n2)CCO1. The Morgan fingerprint density at radius 2 is 2.25 bits per heavy atom. The molecule has 1 aromatic heterocycles. The van der Waals surface area contributed by atoms with Gasteiger partial charge in [0.05, 0.1) is 11.6 Å². The molecule has 2 heterocycles. The fraction of sp³-hybridized carbons (Fsp3) is 0.818. The molecule has 0 amide bonds. The molecule has 88 valence electrons. The van der Waals surface area contributed by atoms with Crippen LogP contribution in [-0.2, 0) is 10.3 Å². The van der Waals surface area contributed by atoms with Crippen molar-refractivity contribution in [2.75, 3.05) is 6.61 Å². The lowest BCUT2D eigenvalue weighted by Crippen LogP contribution is -2.45. The highest BCUT2D eigenvalue weighted by atomic mass is 16.5. The Kier molecular flexibility index (Phi) is 2.26. The summed E-state index contributed by atoms with van der Waals surface area (Å²) in [5, 5.41) is 4.04. The molecule has 2 fully saturated rings.